The van der Waals surface area contributed by atoms with Gasteiger partial charge in [0.25, 0.3) is 11.7 Å². The normalized spacial score (nSPS) is 17.9. The number of aliphatic hydroxyl groups excluding tert-OH is 1. The highest BCUT2D eigenvalue weighted by atomic mass is 16.5. The molecule has 2 heterocycles. The minimum atomic E-state index is -0.883. The van der Waals surface area contributed by atoms with Gasteiger partial charge in [-0.15, -0.1) is 0 Å². The monoisotopic (exact) mass is 417 g/mol. The second-order valence-electron chi connectivity index (χ2n) is 7.36. The maximum absolute atomic E-state index is 13.2. The minimum Gasteiger partial charge on any atom is -0.507 e. The van der Waals surface area contributed by atoms with Crippen molar-refractivity contribution in [3.8, 4) is 5.75 Å². The number of carbonyl (C=O) groups excluding carboxylic acids is 2. The molecule has 1 atom stereocenters. The summed E-state index contributed by atoms with van der Waals surface area (Å²) in [5.41, 5.74) is 2.84. The third-order valence-corrected chi connectivity index (χ3v) is 5.51. The molecule has 6 nitrogen and oxygen atoms in total. The predicted octanol–water partition coefficient (Wildman–Crippen LogP) is 4.92. The predicted molar refractivity (Wildman–Crippen MR) is 117 cm³/mol. The molecule has 4 rings (SSSR count). The molecule has 1 aliphatic heterocycles. The third-order valence-electron chi connectivity index (χ3n) is 5.51. The lowest BCUT2D eigenvalue weighted by molar-refractivity contribution is -0.132. The van der Waals surface area contributed by atoms with Crippen molar-refractivity contribution in [3.63, 3.8) is 0 Å². The summed E-state index contributed by atoms with van der Waals surface area (Å²) >= 11 is 0. The average molecular weight is 417 g/mol. The number of nitrogens with zero attached hydrogens (tertiary/aromatic N) is 1. The van der Waals surface area contributed by atoms with E-state index in [4.69, 9.17) is 9.15 Å². The van der Waals surface area contributed by atoms with Gasteiger partial charge in [-0.25, -0.2) is 0 Å². The van der Waals surface area contributed by atoms with Crippen LogP contribution in [0.15, 0.2) is 70.9 Å². The highest BCUT2D eigenvalue weighted by Crippen LogP contribution is 2.43. The van der Waals surface area contributed by atoms with Crippen molar-refractivity contribution in [1.29, 1.82) is 0 Å². The molecule has 1 aromatic heterocycles. The lowest BCUT2D eigenvalue weighted by Crippen LogP contribution is -2.30. The van der Waals surface area contributed by atoms with E-state index in [0.717, 1.165) is 11.1 Å². The Hall–Kier alpha value is -3.80. The quantitative estimate of drug-likeness (QED) is 0.362. The Bertz CT molecular complexity index is 1180. The van der Waals surface area contributed by atoms with Crippen molar-refractivity contribution in [2.45, 2.75) is 26.8 Å². The van der Waals surface area contributed by atoms with Crippen molar-refractivity contribution < 1.29 is 23.8 Å². The van der Waals surface area contributed by atoms with Gasteiger partial charge in [0.2, 0.25) is 0 Å². The summed E-state index contributed by atoms with van der Waals surface area (Å²) in [6.07, 6.45) is 1.48. The lowest BCUT2D eigenvalue weighted by atomic mass is 9.98. The molecule has 0 spiro atoms. The van der Waals surface area contributed by atoms with Gasteiger partial charge in [-0.1, -0.05) is 24.3 Å². The van der Waals surface area contributed by atoms with Crippen LogP contribution in [0.4, 0.5) is 5.69 Å². The summed E-state index contributed by atoms with van der Waals surface area (Å²) in [7, 11) is 0. The largest absolute Gasteiger partial charge is 0.507 e. The van der Waals surface area contributed by atoms with Crippen LogP contribution in [0.25, 0.3) is 5.76 Å². The summed E-state index contributed by atoms with van der Waals surface area (Å²) in [6.45, 7) is 6.16. The Kier molecular flexibility index (Phi) is 5.38. The molecular formula is C25H23NO5. The number of hydrogen-bond donors (Lipinski definition) is 1. The first-order valence-electron chi connectivity index (χ1n) is 10.1. The number of furan rings is 1. The second kappa shape index (κ2) is 8.14. The molecule has 1 unspecified atom stereocenters. The molecule has 0 bridgehead atoms. The Labute approximate surface area is 180 Å². The van der Waals surface area contributed by atoms with E-state index in [0.29, 0.717) is 29.4 Å². The third kappa shape index (κ3) is 3.50. The summed E-state index contributed by atoms with van der Waals surface area (Å²) in [6, 6.07) is 14.9. The standard InChI is InChI=1S/C25H23NO5/c1-4-30-18-10-6-9-17(14-18)23(27)21-22(20-12-7-13-31-20)26(25(29)24(21)28)19-11-5-8-15(2)16(19)3/h5-14,22,27H,4H2,1-3H3/b23-21-. The number of aliphatic hydroxyl groups is 1. The smallest absolute Gasteiger partial charge is 0.300 e. The van der Waals surface area contributed by atoms with Crippen LogP contribution in [-0.2, 0) is 9.59 Å². The summed E-state index contributed by atoms with van der Waals surface area (Å²) in [4.78, 5) is 27.7. The Morgan fingerprint density at radius 1 is 1.10 bits per heavy atom. The molecular weight excluding hydrogens is 394 g/mol. The number of ether oxygens (including phenoxy) is 1. The van der Waals surface area contributed by atoms with Crippen LogP contribution in [0, 0.1) is 13.8 Å². The van der Waals surface area contributed by atoms with Crippen LogP contribution >= 0.6 is 0 Å². The first-order chi connectivity index (χ1) is 14.9. The van der Waals surface area contributed by atoms with Crippen LogP contribution in [-0.4, -0.2) is 23.4 Å². The molecule has 6 heteroatoms. The van der Waals surface area contributed by atoms with Gasteiger partial charge in [-0.2, -0.15) is 0 Å². The lowest BCUT2D eigenvalue weighted by Gasteiger charge is -2.25. The fraction of sp³-hybridized carbons (Fsp3) is 0.200. The van der Waals surface area contributed by atoms with Gasteiger partial charge < -0.3 is 14.3 Å². The number of amides is 1. The molecule has 1 fully saturated rings. The molecule has 0 saturated carbocycles. The molecule has 1 amide bonds. The highest BCUT2D eigenvalue weighted by Gasteiger charge is 2.48. The molecule has 158 valence electrons. The molecule has 0 aliphatic carbocycles. The molecule has 3 aromatic rings. The van der Waals surface area contributed by atoms with E-state index in [1.165, 1.54) is 11.2 Å². The van der Waals surface area contributed by atoms with E-state index in [-0.39, 0.29) is 11.3 Å². The fourth-order valence-corrected chi connectivity index (χ4v) is 3.85. The van der Waals surface area contributed by atoms with Crippen LogP contribution in [0.3, 0.4) is 0 Å². The molecule has 31 heavy (non-hydrogen) atoms. The van der Waals surface area contributed by atoms with E-state index < -0.39 is 17.7 Å². The van der Waals surface area contributed by atoms with Crippen molar-refractivity contribution in [2.75, 3.05) is 11.5 Å². The first-order valence-corrected chi connectivity index (χ1v) is 10.1. The van der Waals surface area contributed by atoms with E-state index in [1.807, 2.05) is 32.9 Å². The number of anilines is 1. The number of aryl methyl sites for hydroxylation is 1. The number of benzene rings is 2. The van der Waals surface area contributed by atoms with E-state index in [2.05, 4.69) is 0 Å². The topological polar surface area (TPSA) is 80.0 Å². The zero-order chi connectivity index (χ0) is 22.1. The molecule has 1 aliphatic rings. The Balaban J connectivity index is 1.92. The maximum Gasteiger partial charge on any atom is 0.300 e. The maximum atomic E-state index is 13.2. The zero-order valence-corrected chi connectivity index (χ0v) is 17.6. The fourth-order valence-electron chi connectivity index (χ4n) is 3.85. The van der Waals surface area contributed by atoms with E-state index in [1.54, 1.807) is 42.5 Å². The average Bonchev–Trinajstić information content (AvgIpc) is 3.38. The number of rotatable bonds is 5. The van der Waals surface area contributed by atoms with Crippen molar-refractivity contribution >= 4 is 23.1 Å². The van der Waals surface area contributed by atoms with Gasteiger partial charge in [-0.3, -0.25) is 14.5 Å². The van der Waals surface area contributed by atoms with E-state index >= 15 is 0 Å². The van der Waals surface area contributed by atoms with Gasteiger partial charge in [0.15, 0.2) is 0 Å². The highest BCUT2D eigenvalue weighted by molar-refractivity contribution is 6.51. The van der Waals surface area contributed by atoms with Crippen LogP contribution in [0.5, 0.6) is 5.75 Å². The Morgan fingerprint density at radius 2 is 1.87 bits per heavy atom. The van der Waals surface area contributed by atoms with E-state index in [9.17, 15) is 14.7 Å². The van der Waals surface area contributed by atoms with Crippen LogP contribution in [0.1, 0.15) is 35.4 Å². The van der Waals surface area contributed by atoms with Crippen molar-refractivity contribution in [3.05, 3.63) is 88.9 Å². The summed E-state index contributed by atoms with van der Waals surface area (Å²) in [5.74, 6) is -0.791. The number of carbonyl (C=O) groups is 2. The minimum absolute atomic E-state index is 0.0190. The van der Waals surface area contributed by atoms with Crippen molar-refractivity contribution in [1.82, 2.24) is 0 Å². The number of hydrogen-bond acceptors (Lipinski definition) is 5. The van der Waals surface area contributed by atoms with Crippen molar-refractivity contribution in [2.24, 2.45) is 0 Å². The number of ketones is 1. The van der Waals surface area contributed by atoms with Gasteiger partial charge in [0.1, 0.15) is 23.3 Å². The Morgan fingerprint density at radius 3 is 2.58 bits per heavy atom. The molecule has 1 N–H and O–H groups in total. The first kappa shape index (κ1) is 20.5. The summed E-state index contributed by atoms with van der Waals surface area (Å²) in [5, 5.41) is 11.1. The summed E-state index contributed by atoms with van der Waals surface area (Å²) < 4.78 is 11.1. The van der Waals surface area contributed by atoms with Gasteiger partial charge in [-0.05, 0) is 62.2 Å². The van der Waals surface area contributed by atoms with Gasteiger partial charge in [0.05, 0.1) is 18.4 Å². The number of Topliss-reactive ketones (excluding diaryl/α,β-unsaturated/α-hetero) is 1. The second-order valence-corrected chi connectivity index (χ2v) is 7.36. The molecule has 0 radical (unpaired) electrons. The van der Waals surface area contributed by atoms with Gasteiger partial charge in [0, 0.05) is 11.3 Å². The zero-order valence-electron chi connectivity index (χ0n) is 17.6. The van der Waals surface area contributed by atoms with Crippen LogP contribution in [0.2, 0.25) is 0 Å². The van der Waals surface area contributed by atoms with Gasteiger partial charge >= 0.3 is 0 Å². The SMILES string of the molecule is CCOc1cccc(/C(O)=C2/C(=O)C(=O)N(c3cccc(C)c3C)C2c2ccco2)c1. The van der Waals surface area contributed by atoms with Crippen LogP contribution < -0.4 is 9.64 Å². The molecule has 2 aromatic carbocycles. The molecule has 1 saturated heterocycles.